The van der Waals surface area contributed by atoms with Crippen molar-refractivity contribution in [1.82, 2.24) is 9.38 Å². The van der Waals surface area contributed by atoms with E-state index in [1.54, 1.807) is 10.6 Å². The van der Waals surface area contributed by atoms with Gasteiger partial charge < -0.3 is 19.9 Å². The molecule has 1 aliphatic rings. The van der Waals surface area contributed by atoms with Crippen LogP contribution >= 0.6 is 11.3 Å². The van der Waals surface area contributed by atoms with Crippen LogP contribution in [0.2, 0.25) is 0 Å². The zero-order chi connectivity index (χ0) is 15.8. The number of hydrogen-bond acceptors (Lipinski definition) is 6. The Kier molecular flexibility index (Phi) is 3.38. The lowest BCUT2D eigenvalue weighted by atomic mass is 10.2. The number of rotatable bonds is 3. The van der Waals surface area contributed by atoms with E-state index in [2.05, 4.69) is 22.0 Å². The molecule has 1 saturated heterocycles. The number of fused-ring (bicyclic) bond motifs is 1. The second kappa shape index (κ2) is 5.54. The Morgan fingerprint density at radius 3 is 2.48 bits per heavy atom. The van der Waals surface area contributed by atoms with Gasteiger partial charge in [-0.15, -0.1) is 0 Å². The molecule has 0 unspecified atom stereocenters. The van der Waals surface area contributed by atoms with Crippen molar-refractivity contribution < 1.29 is 4.92 Å². The number of hydrogen-bond donors (Lipinski definition) is 0. The largest absolute Gasteiger partial charge is 0.373 e. The summed E-state index contributed by atoms with van der Waals surface area (Å²) in [4.78, 5) is 20.5. The first kappa shape index (κ1) is 14.0. The van der Waals surface area contributed by atoms with Gasteiger partial charge in [-0.3, -0.25) is 0 Å². The summed E-state index contributed by atoms with van der Waals surface area (Å²) >= 11 is 1.41. The van der Waals surface area contributed by atoms with Crippen molar-refractivity contribution in [1.29, 1.82) is 0 Å². The number of nitro groups is 1. The van der Waals surface area contributed by atoms with Gasteiger partial charge in [0.1, 0.15) is 6.20 Å². The summed E-state index contributed by atoms with van der Waals surface area (Å²) in [5, 5.41) is 13.2. The van der Waals surface area contributed by atoms with Gasteiger partial charge in [-0.05, 0) is 17.1 Å². The van der Waals surface area contributed by atoms with Gasteiger partial charge in [0.2, 0.25) is 5.82 Å². The van der Waals surface area contributed by atoms with E-state index in [1.165, 1.54) is 17.0 Å². The molecule has 1 fully saturated rings. The molecule has 4 rings (SSSR count). The lowest BCUT2D eigenvalue weighted by Crippen LogP contribution is -2.46. The van der Waals surface area contributed by atoms with Crippen molar-refractivity contribution >= 4 is 33.6 Å². The van der Waals surface area contributed by atoms with Gasteiger partial charge >= 0.3 is 5.82 Å². The summed E-state index contributed by atoms with van der Waals surface area (Å²) in [6.45, 7) is 3.10. The smallest absolute Gasteiger partial charge is 0.368 e. The summed E-state index contributed by atoms with van der Waals surface area (Å²) in [7, 11) is 0. The molecule has 1 aromatic carbocycles. The fourth-order valence-corrected chi connectivity index (χ4v) is 3.66. The van der Waals surface area contributed by atoms with E-state index in [0.717, 1.165) is 26.2 Å². The van der Waals surface area contributed by atoms with Gasteiger partial charge in [-0.25, -0.2) is 0 Å². The topological polar surface area (TPSA) is 66.9 Å². The van der Waals surface area contributed by atoms with Crippen LogP contribution in [0.1, 0.15) is 0 Å². The normalized spacial score (nSPS) is 15.3. The van der Waals surface area contributed by atoms with Crippen LogP contribution in [0.15, 0.2) is 41.9 Å². The zero-order valence-electron chi connectivity index (χ0n) is 12.3. The molecule has 8 heteroatoms. The molecule has 1 aliphatic heterocycles. The average Bonchev–Trinajstić information content (AvgIpc) is 3.16. The minimum atomic E-state index is -0.342. The van der Waals surface area contributed by atoms with E-state index in [1.807, 2.05) is 28.5 Å². The maximum Gasteiger partial charge on any atom is 0.373 e. The number of thiazole rings is 1. The van der Waals surface area contributed by atoms with Gasteiger partial charge in [-0.2, -0.15) is 9.38 Å². The predicted molar refractivity (Wildman–Crippen MR) is 90.6 cm³/mol. The summed E-state index contributed by atoms with van der Waals surface area (Å²) in [5.74, 6) is 0.545. The Bertz CT molecular complexity index is 836. The van der Waals surface area contributed by atoms with Crippen molar-refractivity contribution in [3.05, 3.63) is 52.0 Å². The summed E-state index contributed by atoms with van der Waals surface area (Å²) in [6, 6.07) is 10.2. The van der Waals surface area contributed by atoms with Crippen molar-refractivity contribution in [2.45, 2.75) is 0 Å². The summed E-state index contributed by atoms with van der Waals surface area (Å²) in [5.41, 5.74) is 1.19. The number of nitrogens with zero attached hydrogens (tertiary/aromatic N) is 5. The molecule has 0 aliphatic carbocycles. The SMILES string of the molecule is O=[N+]([O-])c1c(N2CCN(c3ccccc3)CC2)nc2sccn12. The lowest BCUT2D eigenvalue weighted by molar-refractivity contribution is -0.389. The van der Waals surface area contributed by atoms with E-state index >= 15 is 0 Å². The molecule has 23 heavy (non-hydrogen) atoms. The number of benzene rings is 1. The molecule has 7 nitrogen and oxygen atoms in total. The fraction of sp³-hybridized carbons (Fsp3) is 0.267. The number of anilines is 2. The predicted octanol–water partition coefficient (Wildman–Crippen LogP) is 2.63. The van der Waals surface area contributed by atoms with Gasteiger partial charge in [0.15, 0.2) is 0 Å². The van der Waals surface area contributed by atoms with Crippen LogP contribution in [-0.4, -0.2) is 40.5 Å². The maximum absolute atomic E-state index is 11.4. The van der Waals surface area contributed by atoms with Crippen molar-refractivity contribution in [3.63, 3.8) is 0 Å². The highest BCUT2D eigenvalue weighted by Crippen LogP contribution is 2.32. The molecule has 0 amide bonds. The molecule has 3 heterocycles. The van der Waals surface area contributed by atoms with Gasteiger partial charge in [0.05, 0.1) is 0 Å². The van der Waals surface area contributed by atoms with Crippen LogP contribution in [0.3, 0.4) is 0 Å². The Labute approximate surface area is 136 Å². The van der Waals surface area contributed by atoms with E-state index < -0.39 is 0 Å². The summed E-state index contributed by atoms with van der Waals surface area (Å²) < 4.78 is 1.56. The third kappa shape index (κ3) is 2.40. The Morgan fingerprint density at radius 2 is 1.78 bits per heavy atom. The molecule has 0 saturated carbocycles. The third-order valence-electron chi connectivity index (χ3n) is 4.09. The maximum atomic E-state index is 11.4. The molecule has 0 spiro atoms. The van der Waals surface area contributed by atoms with E-state index in [4.69, 9.17) is 0 Å². The average molecular weight is 329 g/mol. The molecular formula is C15H15N5O2S. The standard InChI is InChI=1S/C15H15N5O2S/c21-20(22)14-13(16-15-19(14)10-11-23-15)18-8-6-17(7-9-18)12-4-2-1-3-5-12/h1-5,10-11H,6-9H2. The Morgan fingerprint density at radius 1 is 1.09 bits per heavy atom. The van der Waals surface area contributed by atoms with Crippen LogP contribution in [-0.2, 0) is 0 Å². The van der Waals surface area contributed by atoms with Crippen LogP contribution in [0.5, 0.6) is 0 Å². The number of piperazine rings is 1. The first-order valence-corrected chi connectivity index (χ1v) is 8.27. The van der Waals surface area contributed by atoms with Crippen molar-refractivity contribution in [2.24, 2.45) is 0 Å². The minimum absolute atomic E-state index is 0.0643. The van der Waals surface area contributed by atoms with Crippen LogP contribution < -0.4 is 9.80 Å². The molecule has 2 aromatic heterocycles. The molecule has 0 N–H and O–H groups in total. The second-order valence-electron chi connectivity index (χ2n) is 5.38. The van der Waals surface area contributed by atoms with Crippen molar-refractivity contribution in [3.8, 4) is 0 Å². The number of para-hydroxylation sites is 1. The van der Waals surface area contributed by atoms with E-state index in [-0.39, 0.29) is 10.7 Å². The monoisotopic (exact) mass is 329 g/mol. The highest BCUT2D eigenvalue weighted by molar-refractivity contribution is 7.15. The number of imidazole rings is 1. The zero-order valence-corrected chi connectivity index (χ0v) is 13.1. The molecule has 118 valence electrons. The van der Waals surface area contributed by atoms with Crippen LogP contribution in [0, 0.1) is 10.1 Å². The van der Waals surface area contributed by atoms with Crippen molar-refractivity contribution in [2.75, 3.05) is 36.0 Å². The van der Waals surface area contributed by atoms with Gasteiger partial charge in [0, 0.05) is 37.2 Å². The van der Waals surface area contributed by atoms with Gasteiger partial charge in [-0.1, -0.05) is 29.5 Å². The van der Waals surface area contributed by atoms with Crippen LogP contribution in [0.25, 0.3) is 4.96 Å². The summed E-state index contributed by atoms with van der Waals surface area (Å²) in [6.07, 6.45) is 1.70. The molecule has 0 bridgehead atoms. The lowest BCUT2D eigenvalue weighted by Gasteiger charge is -2.35. The minimum Gasteiger partial charge on any atom is -0.368 e. The number of aromatic nitrogens is 2. The second-order valence-corrected chi connectivity index (χ2v) is 6.25. The van der Waals surface area contributed by atoms with Crippen LogP contribution in [0.4, 0.5) is 17.3 Å². The molecule has 0 radical (unpaired) electrons. The molecule has 0 atom stereocenters. The molecule has 3 aromatic rings. The highest BCUT2D eigenvalue weighted by atomic mass is 32.1. The van der Waals surface area contributed by atoms with E-state index in [0.29, 0.717) is 10.8 Å². The van der Waals surface area contributed by atoms with E-state index in [9.17, 15) is 10.1 Å². The quantitative estimate of drug-likeness (QED) is 0.546. The first-order valence-electron chi connectivity index (χ1n) is 7.39. The van der Waals surface area contributed by atoms with Gasteiger partial charge in [0.25, 0.3) is 4.96 Å². The highest BCUT2D eigenvalue weighted by Gasteiger charge is 2.30. The Balaban J connectivity index is 1.58. The fourth-order valence-electron chi connectivity index (χ4n) is 2.96. The molecular weight excluding hydrogens is 314 g/mol. The third-order valence-corrected chi connectivity index (χ3v) is 4.85. The Hall–Kier alpha value is -2.61. The first-order chi connectivity index (χ1) is 11.2.